The van der Waals surface area contributed by atoms with E-state index in [2.05, 4.69) is 36.2 Å². The fourth-order valence-corrected chi connectivity index (χ4v) is 9.71. The molecule has 1 saturated heterocycles. The molecule has 0 unspecified atom stereocenters. The van der Waals surface area contributed by atoms with Gasteiger partial charge in [0.2, 0.25) is 0 Å². The van der Waals surface area contributed by atoms with Gasteiger partial charge in [0.05, 0.1) is 65.1 Å². The summed E-state index contributed by atoms with van der Waals surface area (Å²) in [6, 6.07) is 10.2. The predicted octanol–water partition coefficient (Wildman–Crippen LogP) is 7.46. The van der Waals surface area contributed by atoms with Crippen LogP contribution in [0.1, 0.15) is 103 Å². The standard InChI is InChI=1S/C53H70N4O12/c1-28-18-17-19-29(2)50(65)55-41-36(24-54-57-27-51(8,9)56(26-52(57,10)11)25-35-20-15-14-16-21-35)45(62)38-39(46(41)63)44(61)33(6)48-40(38)49(64)53(12,69-48)67-23-22-37(66-13)30(3)47(68-34(7)58)32(5)43(60)31(4)42(28)59/h14-24,28,30-32,37,42-43,47,59-63H,25-27H2,1-13H3,(H,55,65)/b18-17+,23-22+,29-19-,54-24?/t28-,30+,31+,32+,37-,42-,43+,47+,53-/m0/s1. The van der Waals surface area contributed by atoms with Gasteiger partial charge in [-0.15, -0.1) is 0 Å². The van der Waals surface area contributed by atoms with Crippen molar-refractivity contribution < 1.29 is 58.9 Å². The van der Waals surface area contributed by atoms with E-state index in [1.165, 1.54) is 59.4 Å². The summed E-state index contributed by atoms with van der Waals surface area (Å²) < 4.78 is 23.9. The topological polar surface area (TPSA) is 220 Å². The molecule has 4 aliphatic heterocycles. The molecule has 4 heterocycles. The molecule has 69 heavy (non-hydrogen) atoms. The number of amides is 1. The monoisotopic (exact) mass is 954 g/mol. The Morgan fingerprint density at radius 3 is 2.19 bits per heavy atom. The summed E-state index contributed by atoms with van der Waals surface area (Å²) in [5.74, 6) is -8.52. The predicted molar refractivity (Wildman–Crippen MR) is 263 cm³/mol. The van der Waals surface area contributed by atoms with Crippen molar-refractivity contribution in [3.05, 3.63) is 88.7 Å². The van der Waals surface area contributed by atoms with Crippen LogP contribution in [0, 0.1) is 30.6 Å². The SMILES string of the molecule is CO[C@H]1/C=C/O[C@@]2(C)Oc3c(C)c(O)c4c(O)c(c(C=NN5CC(C)(C)N(Cc6ccccc6)CC5(C)C)c(O)c4c3C2=O)NC(=O)/C(C)=C\C=C\[C@H](C)[C@H](O)[C@@H](C)[C@@H](O)[C@@H](C)[C@H](OC(C)=O)[C@@H]1C. The number of anilines is 1. The summed E-state index contributed by atoms with van der Waals surface area (Å²) in [5, 5.41) is 68.5. The average molecular weight is 955 g/mol. The van der Waals surface area contributed by atoms with Gasteiger partial charge in [-0.1, -0.05) is 76.3 Å². The first kappa shape index (κ1) is 52.4. The molecule has 16 heteroatoms. The van der Waals surface area contributed by atoms with Gasteiger partial charge in [0.1, 0.15) is 23.4 Å². The number of hydrazone groups is 1. The molecule has 1 fully saturated rings. The van der Waals surface area contributed by atoms with Crippen molar-refractivity contribution in [2.24, 2.45) is 28.8 Å². The first-order valence-electron chi connectivity index (χ1n) is 23.4. The van der Waals surface area contributed by atoms with Crippen molar-refractivity contribution in [3.63, 3.8) is 0 Å². The molecular formula is C53H70N4O12. The van der Waals surface area contributed by atoms with Crippen molar-refractivity contribution in [1.29, 1.82) is 0 Å². The lowest BCUT2D eigenvalue weighted by Crippen LogP contribution is -2.65. The number of ketones is 1. The summed E-state index contributed by atoms with van der Waals surface area (Å²) in [7, 11) is 1.44. The fraction of sp³-hybridized carbons (Fsp3) is 0.509. The number of aliphatic hydroxyl groups excluding tert-OH is 2. The minimum absolute atomic E-state index is 0.0466. The highest BCUT2D eigenvalue weighted by Crippen LogP contribution is 2.55. The lowest BCUT2D eigenvalue weighted by molar-refractivity contribution is -0.160. The number of nitrogens with one attached hydrogen (secondary N) is 1. The summed E-state index contributed by atoms with van der Waals surface area (Å²) >= 11 is 0. The van der Waals surface area contributed by atoms with Crippen molar-refractivity contribution in [3.8, 4) is 23.0 Å². The van der Waals surface area contributed by atoms with Crippen molar-refractivity contribution in [2.75, 3.05) is 25.5 Å². The second kappa shape index (κ2) is 20.2. The van der Waals surface area contributed by atoms with E-state index in [4.69, 9.17) is 24.0 Å². The van der Waals surface area contributed by atoms with E-state index < -0.39 is 94.3 Å². The number of esters is 1. The van der Waals surface area contributed by atoms with E-state index in [9.17, 15) is 39.9 Å². The third-order valence-corrected chi connectivity index (χ3v) is 14.2. The van der Waals surface area contributed by atoms with Crippen molar-refractivity contribution in [2.45, 2.75) is 131 Å². The number of allylic oxidation sites excluding steroid dienone is 2. The van der Waals surface area contributed by atoms with E-state index in [1.54, 1.807) is 39.8 Å². The Bertz CT molecular complexity index is 2570. The van der Waals surface area contributed by atoms with Crippen LogP contribution in [0.2, 0.25) is 0 Å². The minimum atomic E-state index is -2.08. The summed E-state index contributed by atoms with van der Waals surface area (Å²) in [4.78, 5) is 43.6. The first-order chi connectivity index (χ1) is 32.3. The largest absolute Gasteiger partial charge is 0.507 e. The number of aliphatic hydroxyl groups is 2. The number of carbonyl (C=O) groups excluding carboxylic acids is 3. The zero-order valence-corrected chi connectivity index (χ0v) is 42.0. The van der Waals surface area contributed by atoms with Crippen LogP contribution in [0.5, 0.6) is 23.0 Å². The Morgan fingerprint density at radius 2 is 1.55 bits per heavy atom. The van der Waals surface area contributed by atoms with Gasteiger partial charge in [0, 0.05) is 79.8 Å². The molecule has 5 bridgehead atoms. The number of nitrogens with zero attached hydrogens (tertiary/aromatic N) is 3. The Morgan fingerprint density at radius 1 is 0.884 bits per heavy atom. The molecule has 0 aliphatic carbocycles. The number of piperazine rings is 1. The number of fused-ring (bicyclic) bond motifs is 14. The second-order valence-corrected chi connectivity index (χ2v) is 20.4. The smallest absolute Gasteiger partial charge is 0.312 e. The molecule has 6 N–H and O–H groups in total. The number of ether oxygens (including phenoxy) is 4. The number of methoxy groups -OCH3 is 1. The maximum atomic E-state index is 14.7. The van der Waals surface area contributed by atoms with Crippen LogP contribution in [-0.4, -0.2) is 121 Å². The van der Waals surface area contributed by atoms with E-state index in [1.807, 2.05) is 37.1 Å². The third-order valence-electron chi connectivity index (χ3n) is 14.2. The molecule has 1 amide bonds. The number of carbonyl (C=O) groups is 3. The molecule has 4 aliphatic rings. The second-order valence-electron chi connectivity index (χ2n) is 20.4. The quantitative estimate of drug-likeness (QED) is 0.0612. The fourth-order valence-electron chi connectivity index (χ4n) is 9.71. The summed E-state index contributed by atoms with van der Waals surface area (Å²) in [5.41, 5.74) is -0.206. The number of aromatic hydroxyl groups is 3. The average Bonchev–Trinajstić information content (AvgIpc) is 3.56. The number of hydrogen-bond acceptors (Lipinski definition) is 15. The molecule has 9 atom stereocenters. The maximum Gasteiger partial charge on any atom is 0.312 e. The maximum absolute atomic E-state index is 14.7. The normalized spacial score (nSPS) is 30.7. The van der Waals surface area contributed by atoms with Gasteiger partial charge in [-0.2, -0.15) is 5.10 Å². The van der Waals surface area contributed by atoms with Gasteiger partial charge in [0.15, 0.2) is 5.75 Å². The number of Topliss-reactive ketones (excluding diaryl/α,β-unsaturated/α-hetero) is 1. The van der Waals surface area contributed by atoms with Crippen LogP contribution in [0.3, 0.4) is 0 Å². The van der Waals surface area contributed by atoms with Crippen LogP contribution in [0.25, 0.3) is 10.8 Å². The highest BCUT2D eigenvalue weighted by Gasteiger charge is 2.50. The Kier molecular flexibility index (Phi) is 15.3. The van der Waals surface area contributed by atoms with Crippen molar-refractivity contribution in [1.82, 2.24) is 9.91 Å². The van der Waals surface area contributed by atoms with Crippen LogP contribution in [-0.2, 0) is 30.3 Å². The zero-order valence-electron chi connectivity index (χ0n) is 42.0. The molecule has 0 radical (unpaired) electrons. The van der Waals surface area contributed by atoms with E-state index >= 15 is 0 Å². The van der Waals surface area contributed by atoms with Gasteiger partial charge in [-0.25, -0.2) is 0 Å². The van der Waals surface area contributed by atoms with Crippen molar-refractivity contribution >= 4 is 40.3 Å². The highest BCUT2D eigenvalue weighted by molar-refractivity contribution is 6.23. The van der Waals surface area contributed by atoms with Crippen LogP contribution in [0.4, 0.5) is 5.69 Å². The lowest BCUT2D eigenvalue weighted by atomic mass is 9.78. The summed E-state index contributed by atoms with van der Waals surface area (Å²) in [6.45, 7) is 22.7. The molecule has 0 saturated carbocycles. The minimum Gasteiger partial charge on any atom is -0.507 e. The molecular weight excluding hydrogens is 885 g/mol. The Hall–Kier alpha value is -5.94. The first-order valence-corrected chi connectivity index (χ1v) is 23.4. The number of hydrogen-bond donors (Lipinski definition) is 6. The van der Waals surface area contributed by atoms with E-state index in [0.29, 0.717) is 19.6 Å². The number of phenols is 3. The molecule has 7 rings (SSSR count). The van der Waals surface area contributed by atoms with E-state index in [0.717, 1.165) is 5.56 Å². The third kappa shape index (κ3) is 10.4. The number of rotatable bonds is 6. The van der Waals surface area contributed by atoms with Gasteiger partial charge in [-0.05, 0) is 53.2 Å². The Balaban J connectivity index is 1.51. The molecule has 3 aromatic carbocycles. The van der Waals surface area contributed by atoms with Gasteiger partial charge >= 0.3 is 11.8 Å². The molecule has 0 spiro atoms. The van der Waals surface area contributed by atoms with Crippen LogP contribution < -0.4 is 10.1 Å². The molecule has 0 aromatic heterocycles. The highest BCUT2D eigenvalue weighted by atomic mass is 16.7. The summed E-state index contributed by atoms with van der Waals surface area (Å²) in [6.07, 6.45) is 4.88. The Labute approximate surface area is 404 Å². The van der Waals surface area contributed by atoms with Crippen LogP contribution in [0.15, 0.2) is 71.6 Å². The molecule has 16 nitrogen and oxygen atoms in total. The molecule has 374 valence electrons. The van der Waals surface area contributed by atoms with Gasteiger partial charge in [-0.3, -0.25) is 24.3 Å². The number of benzene rings is 3. The lowest BCUT2D eigenvalue weighted by Gasteiger charge is -2.54. The number of phenolic OH excluding ortho intramolecular Hbond substituents is 3. The van der Waals surface area contributed by atoms with Crippen LogP contribution >= 0.6 is 0 Å². The molecule has 3 aromatic rings. The van der Waals surface area contributed by atoms with Gasteiger partial charge < -0.3 is 49.8 Å². The van der Waals surface area contributed by atoms with E-state index in [-0.39, 0.29) is 50.0 Å². The zero-order chi connectivity index (χ0) is 51.1. The van der Waals surface area contributed by atoms with Gasteiger partial charge in [0.25, 0.3) is 11.7 Å².